The number of aryl methyl sites for hydroxylation is 1. The van der Waals surface area contributed by atoms with Gasteiger partial charge in [0.05, 0.1) is 12.7 Å². The molecule has 0 unspecified atom stereocenters. The zero-order valence-electron chi connectivity index (χ0n) is 16.2. The second kappa shape index (κ2) is 12.2. The summed E-state index contributed by atoms with van der Waals surface area (Å²) < 4.78 is 11.1. The first-order valence-corrected chi connectivity index (χ1v) is 9.85. The van der Waals surface area contributed by atoms with Gasteiger partial charge >= 0.3 is 0 Å². The van der Waals surface area contributed by atoms with Crippen molar-refractivity contribution in [2.75, 3.05) is 7.11 Å². The second-order valence-corrected chi connectivity index (χ2v) is 6.74. The molecule has 3 heteroatoms. The van der Waals surface area contributed by atoms with Crippen molar-refractivity contribution < 1.29 is 9.15 Å². The molecular weight excluding hydrogens is 300 g/mol. The Morgan fingerprint density at radius 1 is 0.875 bits per heavy atom. The highest BCUT2D eigenvalue weighted by Crippen LogP contribution is 2.21. The quantitative estimate of drug-likeness (QED) is 0.416. The molecule has 0 saturated heterocycles. The fraction of sp³-hybridized carbons (Fsp3) is 0.762. The van der Waals surface area contributed by atoms with Crippen LogP contribution in [0.4, 0.5) is 0 Å². The summed E-state index contributed by atoms with van der Waals surface area (Å²) in [6, 6.07) is 0. The van der Waals surface area contributed by atoms with Crippen molar-refractivity contribution in [3.63, 3.8) is 0 Å². The molecular formula is C21H36O3. The molecule has 0 bridgehead atoms. The smallest absolute Gasteiger partial charge is 0.291 e. The van der Waals surface area contributed by atoms with Crippen LogP contribution in [0.3, 0.4) is 0 Å². The van der Waals surface area contributed by atoms with Gasteiger partial charge in [0.15, 0.2) is 5.43 Å². The molecule has 138 valence electrons. The highest BCUT2D eigenvalue weighted by Gasteiger charge is 2.15. The highest BCUT2D eigenvalue weighted by atomic mass is 16.6. The summed E-state index contributed by atoms with van der Waals surface area (Å²) in [7, 11) is 1.57. The van der Waals surface area contributed by atoms with Gasteiger partial charge in [-0.25, -0.2) is 0 Å². The predicted molar refractivity (Wildman–Crippen MR) is 101 cm³/mol. The minimum atomic E-state index is 0.0858. The lowest BCUT2D eigenvalue weighted by Gasteiger charge is -2.10. The van der Waals surface area contributed by atoms with E-state index in [1.807, 2.05) is 13.8 Å². The maximum absolute atomic E-state index is 12.3. The van der Waals surface area contributed by atoms with Crippen molar-refractivity contribution in [1.29, 1.82) is 0 Å². The first kappa shape index (κ1) is 20.8. The number of methoxy groups -OCH3 is 1. The number of ether oxygens (including phenoxy) is 1. The van der Waals surface area contributed by atoms with Crippen LogP contribution in [0.15, 0.2) is 9.21 Å². The predicted octanol–water partition coefficient (Wildman–Crippen LogP) is 5.98. The van der Waals surface area contributed by atoms with Crippen LogP contribution in [-0.2, 0) is 12.8 Å². The Balaban J connectivity index is 2.31. The maximum atomic E-state index is 12.3. The van der Waals surface area contributed by atoms with Crippen LogP contribution < -0.4 is 10.2 Å². The average molecular weight is 337 g/mol. The molecule has 1 rings (SSSR count). The van der Waals surface area contributed by atoms with Gasteiger partial charge in [-0.3, -0.25) is 4.79 Å². The van der Waals surface area contributed by atoms with Gasteiger partial charge in [-0.15, -0.1) is 0 Å². The zero-order chi connectivity index (χ0) is 17.8. The Labute approximate surface area is 147 Å². The van der Waals surface area contributed by atoms with E-state index in [4.69, 9.17) is 9.15 Å². The third-order valence-corrected chi connectivity index (χ3v) is 4.79. The Hall–Kier alpha value is -1.25. The molecule has 0 N–H and O–H groups in total. The minimum Gasteiger partial charge on any atom is -0.468 e. The SMILES string of the molecule is CCCCCCCCCCCCc1oc(OC)c(CC)c(=O)c1C. The molecule has 0 aliphatic heterocycles. The molecule has 0 aromatic carbocycles. The fourth-order valence-corrected chi connectivity index (χ4v) is 3.18. The zero-order valence-corrected chi connectivity index (χ0v) is 16.2. The lowest BCUT2D eigenvalue weighted by Crippen LogP contribution is -2.15. The second-order valence-electron chi connectivity index (χ2n) is 6.74. The van der Waals surface area contributed by atoms with Gasteiger partial charge in [-0.05, 0) is 19.8 Å². The molecule has 0 aliphatic carbocycles. The van der Waals surface area contributed by atoms with Crippen LogP contribution in [0.1, 0.15) is 94.9 Å². The van der Waals surface area contributed by atoms with Crippen molar-refractivity contribution in [2.24, 2.45) is 0 Å². The van der Waals surface area contributed by atoms with E-state index in [0.717, 1.165) is 24.2 Å². The largest absolute Gasteiger partial charge is 0.468 e. The van der Waals surface area contributed by atoms with Gasteiger partial charge in [0, 0.05) is 12.0 Å². The number of rotatable bonds is 13. The first-order chi connectivity index (χ1) is 11.7. The van der Waals surface area contributed by atoms with E-state index in [9.17, 15) is 4.79 Å². The molecule has 3 nitrogen and oxygen atoms in total. The fourth-order valence-electron chi connectivity index (χ4n) is 3.18. The van der Waals surface area contributed by atoms with Crippen LogP contribution >= 0.6 is 0 Å². The summed E-state index contributed by atoms with van der Waals surface area (Å²) in [4.78, 5) is 12.3. The number of hydrogen-bond donors (Lipinski definition) is 0. The number of hydrogen-bond acceptors (Lipinski definition) is 3. The van der Waals surface area contributed by atoms with Crippen molar-refractivity contribution in [2.45, 2.75) is 97.8 Å². The lowest BCUT2D eigenvalue weighted by molar-refractivity contribution is 0.276. The molecule has 0 atom stereocenters. The Morgan fingerprint density at radius 2 is 1.42 bits per heavy atom. The molecule has 0 radical (unpaired) electrons. The van der Waals surface area contributed by atoms with Crippen LogP contribution in [-0.4, -0.2) is 7.11 Å². The highest BCUT2D eigenvalue weighted by molar-refractivity contribution is 5.30. The van der Waals surface area contributed by atoms with E-state index >= 15 is 0 Å². The third kappa shape index (κ3) is 6.70. The van der Waals surface area contributed by atoms with Gasteiger partial charge in [0.1, 0.15) is 5.76 Å². The Bertz CT molecular complexity index is 517. The van der Waals surface area contributed by atoms with E-state index in [1.54, 1.807) is 7.11 Å². The van der Waals surface area contributed by atoms with Gasteiger partial charge in [0.25, 0.3) is 5.95 Å². The summed E-state index contributed by atoms with van der Waals surface area (Å²) in [6.07, 6.45) is 14.6. The Morgan fingerprint density at radius 3 is 1.92 bits per heavy atom. The van der Waals surface area contributed by atoms with Crippen LogP contribution in [0.5, 0.6) is 5.95 Å². The molecule has 1 aromatic rings. The summed E-state index contributed by atoms with van der Waals surface area (Å²) in [6.45, 7) is 6.08. The summed E-state index contributed by atoms with van der Waals surface area (Å²) in [5.41, 5.74) is 1.49. The van der Waals surface area contributed by atoms with Gasteiger partial charge < -0.3 is 9.15 Å². The van der Waals surface area contributed by atoms with Crippen molar-refractivity contribution in [3.05, 3.63) is 27.1 Å². The van der Waals surface area contributed by atoms with Crippen LogP contribution in [0.2, 0.25) is 0 Å². The van der Waals surface area contributed by atoms with E-state index in [-0.39, 0.29) is 5.43 Å². The van der Waals surface area contributed by atoms with E-state index in [1.165, 1.54) is 57.8 Å². The van der Waals surface area contributed by atoms with Crippen LogP contribution in [0.25, 0.3) is 0 Å². The van der Waals surface area contributed by atoms with Crippen molar-refractivity contribution in [1.82, 2.24) is 0 Å². The van der Waals surface area contributed by atoms with Crippen LogP contribution in [0, 0.1) is 6.92 Å². The van der Waals surface area contributed by atoms with E-state index in [2.05, 4.69) is 6.92 Å². The molecule has 24 heavy (non-hydrogen) atoms. The van der Waals surface area contributed by atoms with Gasteiger partial charge in [-0.1, -0.05) is 71.6 Å². The van der Waals surface area contributed by atoms with Crippen molar-refractivity contribution in [3.8, 4) is 5.95 Å². The van der Waals surface area contributed by atoms with Gasteiger partial charge in [0.2, 0.25) is 0 Å². The van der Waals surface area contributed by atoms with E-state index < -0.39 is 0 Å². The lowest BCUT2D eigenvalue weighted by atomic mass is 10.0. The van der Waals surface area contributed by atoms with E-state index in [0.29, 0.717) is 17.9 Å². The third-order valence-electron chi connectivity index (χ3n) is 4.79. The Kier molecular flexibility index (Phi) is 10.5. The monoisotopic (exact) mass is 336 g/mol. The molecule has 1 heterocycles. The summed E-state index contributed by atoms with van der Waals surface area (Å²) >= 11 is 0. The molecule has 0 fully saturated rings. The van der Waals surface area contributed by atoms with Crippen molar-refractivity contribution >= 4 is 0 Å². The molecule has 1 aromatic heterocycles. The molecule has 0 saturated carbocycles. The minimum absolute atomic E-state index is 0.0858. The first-order valence-electron chi connectivity index (χ1n) is 9.85. The number of unbranched alkanes of at least 4 members (excludes halogenated alkanes) is 9. The molecule has 0 spiro atoms. The normalized spacial score (nSPS) is 11.0. The molecule has 0 amide bonds. The van der Waals surface area contributed by atoms with Gasteiger partial charge in [-0.2, -0.15) is 0 Å². The average Bonchev–Trinajstić information content (AvgIpc) is 2.59. The standard InChI is InChI=1S/C21H36O3/c1-5-7-8-9-10-11-12-13-14-15-16-19-17(3)20(22)18(6-2)21(23-4)24-19/h5-16H2,1-4H3. The summed E-state index contributed by atoms with van der Waals surface area (Å²) in [5.74, 6) is 1.20. The summed E-state index contributed by atoms with van der Waals surface area (Å²) in [5, 5.41) is 0. The maximum Gasteiger partial charge on any atom is 0.291 e. The topological polar surface area (TPSA) is 39.4 Å². The molecule has 0 aliphatic rings.